The van der Waals surface area contributed by atoms with Gasteiger partial charge >= 0.3 is 5.97 Å². The quantitative estimate of drug-likeness (QED) is 0.258. The minimum absolute atomic E-state index is 0.000230. The van der Waals surface area contributed by atoms with E-state index in [-0.39, 0.29) is 29.1 Å². The van der Waals surface area contributed by atoms with Gasteiger partial charge in [-0.25, -0.2) is 4.79 Å². The Hall–Kier alpha value is -4.04. The summed E-state index contributed by atoms with van der Waals surface area (Å²) in [5, 5.41) is 19.0. The van der Waals surface area contributed by atoms with Crippen molar-refractivity contribution in [3.63, 3.8) is 0 Å². The number of thiocarbonyl (C=S) groups is 1. The molecule has 3 aromatic rings. The van der Waals surface area contributed by atoms with Gasteiger partial charge in [-0.1, -0.05) is 49.5 Å². The number of aryl methyl sites for hydroxylation is 1. The molecule has 1 aromatic heterocycles. The number of aromatic amines is 1. The van der Waals surface area contributed by atoms with Crippen LogP contribution in [0.4, 0.5) is 0 Å². The molecule has 1 saturated heterocycles. The molecule has 4 rings (SSSR count). The molecule has 3 N–H and O–H groups in total. The number of hydrogen-bond acceptors (Lipinski definition) is 5. The number of likely N-dealkylation sites (tertiary alicyclic amines) is 1. The molecule has 0 atom stereocenters. The van der Waals surface area contributed by atoms with E-state index >= 15 is 0 Å². The van der Waals surface area contributed by atoms with E-state index in [1.54, 1.807) is 18.2 Å². The number of ketones is 1. The first kappa shape index (κ1) is 24.1. The lowest BCUT2D eigenvalue weighted by Gasteiger charge is -2.28. The fourth-order valence-corrected chi connectivity index (χ4v) is 4.26. The zero-order valence-corrected chi connectivity index (χ0v) is 19.9. The highest BCUT2D eigenvalue weighted by molar-refractivity contribution is 7.80. The Balaban J connectivity index is 1.52. The number of aromatic hydroxyl groups is 1. The van der Waals surface area contributed by atoms with Gasteiger partial charge in [-0.2, -0.15) is 0 Å². The molecule has 2 aromatic carbocycles. The van der Waals surface area contributed by atoms with Crippen LogP contribution < -0.4 is 0 Å². The largest absolute Gasteiger partial charge is 0.507 e. The molecule has 1 amide bonds. The number of aromatic nitrogens is 1. The second-order valence-corrected chi connectivity index (χ2v) is 8.76. The van der Waals surface area contributed by atoms with Crippen molar-refractivity contribution in [1.82, 2.24) is 9.88 Å². The number of carbonyl (C=O) groups is 3. The van der Waals surface area contributed by atoms with Crippen LogP contribution in [0.2, 0.25) is 0 Å². The average Bonchev–Trinajstić information content (AvgIpc) is 3.30. The lowest BCUT2D eigenvalue weighted by molar-refractivity contribution is -0.127. The SMILES string of the molecule is CCc1ccc(CCN2C(=O)/C(=C/c3ccc(-c4ccc(C(=O)O)c(O)c4)[nH]3)C(=O)CC2=S)cc1. The predicted octanol–water partition coefficient (Wildman–Crippen LogP) is 4.40. The number of benzene rings is 2. The van der Waals surface area contributed by atoms with Crippen molar-refractivity contribution in [2.24, 2.45) is 0 Å². The number of nitrogens with zero attached hydrogens (tertiary/aromatic N) is 1. The highest BCUT2D eigenvalue weighted by Crippen LogP contribution is 2.27. The molecule has 1 aliphatic heterocycles. The highest BCUT2D eigenvalue weighted by atomic mass is 32.1. The molecule has 0 radical (unpaired) electrons. The number of carbonyl (C=O) groups excluding carboxylic acids is 2. The minimum atomic E-state index is -1.22. The zero-order chi connectivity index (χ0) is 25.1. The first-order valence-electron chi connectivity index (χ1n) is 11.2. The van der Waals surface area contributed by atoms with Gasteiger partial charge in [0, 0.05) is 23.5 Å². The van der Waals surface area contributed by atoms with Gasteiger partial charge in [0.2, 0.25) is 0 Å². The third-order valence-electron chi connectivity index (χ3n) is 5.99. The number of amides is 1. The van der Waals surface area contributed by atoms with E-state index in [0.29, 0.717) is 34.9 Å². The molecule has 0 bridgehead atoms. The van der Waals surface area contributed by atoms with E-state index in [1.807, 2.05) is 12.1 Å². The summed E-state index contributed by atoms with van der Waals surface area (Å²) in [6.07, 6.45) is 3.09. The number of H-pyrrole nitrogens is 1. The van der Waals surface area contributed by atoms with Crippen molar-refractivity contribution < 1.29 is 24.6 Å². The fourth-order valence-electron chi connectivity index (χ4n) is 3.96. The summed E-state index contributed by atoms with van der Waals surface area (Å²) >= 11 is 5.35. The molecule has 1 aliphatic rings. The van der Waals surface area contributed by atoms with E-state index < -0.39 is 11.9 Å². The summed E-state index contributed by atoms with van der Waals surface area (Å²) in [5.41, 5.74) is 3.88. The maximum Gasteiger partial charge on any atom is 0.339 e. The summed E-state index contributed by atoms with van der Waals surface area (Å²) in [6.45, 7) is 2.48. The van der Waals surface area contributed by atoms with Crippen molar-refractivity contribution in [2.45, 2.75) is 26.2 Å². The number of rotatable bonds is 7. The van der Waals surface area contributed by atoms with E-state index in [2.05, 4.69) is 24.0 Å². The molecule has 0 saturated carbocycles. The van der Waals surface area contributed by atoms with Gasteiger partial charge in [0.1, 0.15) is 11.3 Å². The number of hydrogen-bond donors (Lipinski definition) is 3. The number of phenols is 1. The Morgan fingerprint density at radius 1 is 1.09 bits per heavy atom. The Morgan fingerprint density at radius 3 is 2.46 bits per heavy atom. The number of piperidine rings is 1. The van der Waals surface area contributed by atoms with Crippen molar-refractivity contribution >= 4 is 40.9 Å². The van der Waals surface area contributed by atoms with E-state index in [1.165, 1.54) is 28.7 Å². The number of Topliss-reactive ketones (excluding diaryl/α,β-unsaturated/α-hetero) is 1. The third-order valence-corrected chi connectivity index (χ3v) is 6.36. The Kier molecular flexibility index (Phi) is 6.93. The lowest BCUT2D eigenvalue weighted by Crippen LogP contribution is -2.45. The Bertz CT molecular complexity index is 1350. The molecular formula is C27H24N2O5S. The van der Waals surface area contributed by atoms with Crippen LogP contribution in [-0.2, 0) is 22.4 Å². The van der Waals surface area contributed by atoms with Crippen molar-refractivity contribution in [3.05, 3.63) is 82.6 Å². The van der Waals surface area contributed by atoms with Gasteiger partial charge in [0.25, 0.3) is 5.91 Å². The first-order chi connectivity index (χ1) is 16.8. The van der Waals surface area contributed by atoms with Crippen molar-refractivity contribution in [3.8, 4) is 17.0 Å². The number of aromatic carboxylic acids is 1. The normalized spacial score (nSPS) is 15.2. The molecule has 2 heterocycles. The average molecular weight is 489 g/mol. The highest BCUT2D eigenvalue weighted by Gasteiger charge is 2.33. The third kappa shape index (κ3) is 5.22. The van der Waals surface area contributed by atoms with Gasteiger partial charge in [0.05, 0.1) is 17.0 Å². The van der Waals surface area contributed by atoms with Crippen molar-refractivity contribution in [1.29, 1.82) is 0 Å². The lowest BCUT2D eigenvalue weighted by atomic mass is 10.00. The summed E-state index contributed by atoms with van der Waals surface area (Å²) in [7, 11) is 0. The molecule has 35 heavy (non-hydrogen) atoms. The molecule has 0 spiro atoms. The van der Waals surface area contributed by atoms with Crippen LogP contribution in [0.1, 0.15) is 40.5 Å². The second-order valence-electron chi connectivity index (χ2n) is 8.29. The minimum Gasteiger partial charge on any atom is -0.507 e. The second kappa shape index (κ2) is 10.1. The molecular weight excluding hydrogens is 464 g/mol. The van der Waals surface area contributed by atoms with Gasteiger partial charge in [-0.05, 0) is 54.3 Å². The predicted molar refractivity (Wildman–Crippen MR) is 136 cm³/mol. The molecule has 0 unspecified atom stereocenters. The van der Waals surface area contributed by atoms with Crippen LogP contribution in [0.15, 0.2) is 60.2 Å². The van der Waals surface area contributed by atoms with Crippen LogP contribution in [0.5, 0.6) is 5.75 Å². The summed E-state index contributed by atoms with van der Waals surface area (Å²) < 4.78 is 0. The van der Waals surface area contributed by atoms with Crippen LogP contribution in [-0.4, -0.2) is 49.3 Å². The summed E-state index contributed by atoms with van der Waals surface area (Å²) in [4.78, 5) is 41.8. The van der Waals surface area contributed by atoms with Gasteiger partial charge < -0.3 is 20.1 Å². The maximum atomic E-state index is 13.1. The number of carboxylic acids is 1. The Labute approximate surface area is 207 Å². The van der Waals surface area contributed by atoms with Crippen LogP contribution in [0.25, 0.3) is 17.3 Å². The van der Waals surface area contributed by atoms with Gasteiger partial charge in [0.15, 0.2) is 5.78 Å². The maximum absolute atomic E-state index is 13.1. The van der Waals surface area contributed by atoms with Crippen LogP contribution in [0, 0.1) is 0 Å². The smallest absolute Gasteiger partial charge is 0.339 e. The first-order valence-corrected chi connectivity index (χ1v) is 11.6. The van der Waals surface area contributed by atoms with Crippen molar-refractivity contribution in [2.75, 3.05) is 6.54 Å². The molecule has 7 nitrogen and oxygen atoms in total. The summed E-state index contributed by atoms with van der Waals surface area (Å²) in [6, 6.07) is 15.9. The number of nitrogens with one attached hydrogen (secondary N) is 1. The zero-order valence-electron chi connectivity index (χ0n) is 19.1. The monoisotopic (exact) mass is 488 g/mol. The standard InChI is InChI=1S/C27H24N2O5S/c1-2-16-3-5-17(6-4-16)11-12-29-25(35)15-24(31)21(26(29)32)14-19-8-10-22(28-19)18-7-9-20(27(33)34)23(30)13-18/h3-10,13-14,28,30H,2,11-12,15H2,1H3,(H,33,34)/b21-14+. The van der Waals surface area contributed by atoms with Gasteiger partial charge in [-0.3, -0.25) is 9.59 Å². The fraction of sp³-hybridized carbons (Fsp3) is 0.185. The summed E-state index contributed by atoms with van der Waals surface area (Å²) in [5.74, 6) is -2.32. The Morgan fingerprint density at radius 2 is 1.80 bits per heavy atom. The number of carboxylic acid groups (broad SMARTS) is 1. The van der Waals surface area contributed by atoms with E-state index in [4.69, 9.17) is 17.3 Å². The van der Waals surface area contributed by atoms with Crippen LogP contribution in [0.3, 0.4) is 0 Å². The van der Waals surface area contributed by atoms with E-state index in [9.17, 15) is 19.5 Å². The molecule has 1 fully saturated rings. The topological polar surface area (TPSA) is 111 Å². The van der Waals surface area contributed by atoms with Crippen LogP contribution >= 0.6 is 12.2 Å². The van der Waals surface area contributed by atoms with E-state index in [0.717, 1.165) is 12.0 Å². The molecule has 8 heteroatoms. The molecule has 178 valence electrons. The van der Waals surface area contributed by atoms with Gasteiger partial charge in [-0.15, -0.1) is 0 Å². The molecule has 0 aliphatic carbocycles.